The molecule has 3 atom stereocenters. The Bertz CT molecular complexity index is 1010. The molecule has 1 aliphatic heterocycles. The van der Waals surface area contributed by atoms with Crippen molar-refractivity contribution in [3.05, 3.63) is 71.3 Å². The molecule has 0 radical (unpaired) electrons. The number of carbonyl (C=O) groups is 1. The Hall–Kier alpha value is -1.99. The Balaban J connectivity index is 1.79. The van der Waals surface area contributed by atoms with Crippen molar-refractivity contribution in [1.29, 1.82) is 0 Å². The summed E-state index contributed by atoms with van der Waals surface area (Å²) in [6, 6.07) is 19.4. The average Bonchev–Trinajstić information content (AvgIpc) is 3.39. The van der Waals surface area contributed by atoms with E-state index >= 15 is 0 Å². The molecule has 216 valence electrons. The maximum Gasteiger partial charge on any atom is 0.335 e. The molecule has 1 heterocycles. The summed E-state index contributed by atoms with van der Waals surface area (Å²) in [4.78, 5) is 12.3. The molecule has 3 rings (SSSR count). The molecule has 2 aromatic rings. The third-order valence-electron chi connectivity index (χ3n) is 8.20. The largest absolute Gasteiger partial charge is 0.479 e. The summed E-state index contributed by atoms with van der Waals surface area (Å²) in [5, 5.41) is 21.3. The zero-order valence-electron chi connectivity index (χ0n) is 24.7. The third kappa shape index (κ3) is 8.50. The fourth-order valence-electron chi connectivity index (χ4n) is 6.16. The van der Waals surface area contributed by atoms with Gasteiger partial charge in [-0.3, -0.25) is 0 Å². The standard InChI is InChI=1S/C33H50O5Si/c1-6-7-8-9-11-14-27(25-39(3,4)5)30(32(2,36)31(34)35)22-19-26-17-20-29(21-18-26)33(37-23-24-38-33)28-15-12-10-13-16-28/h10,12-13,15-18,20-21,27,30,36H,6-9,11,14,19,22-25H2,1-5H3,(H,34,35). The van der Waals surface area contributed by atoms with Crippen molar-refractivity contribution >= 4 is 14.0 Å². The number of carboxylic acid groups (broad SMARTS) is 1. The van der Waals surface area contributed by atoms with Crippen LogP contribution in [-0.2, 0) is 26.5 Å². The Morgan fingerprint density at radius 3 is 2.08 bits per heavy atom. The van der Waals surface area contributed by atoms with Gasteiger partial charge in [-0.1, -0.05) is 126 Å². The fraction of sp³-hybridized carbons (Fsp3) is 0.606. The second kappa shape index (κ2) is 14.1. The highest BCUT2D eigenvalue weighted by molar-refractivity contribution is 6.76. The zero-order chi connectivity index (χ0) is 28.5. The second-order valence-electron chi connectivity index (χ2n) is 12.7. The smallest absolute Gasteiger partial charge is 0.335 e. The van der Waals surface area contributed by atoms with Crippen LogP contribution in [0.25, 0.3) is 0 Å². The SMILES string of the molecule is CCCCCCCC(C[Si](C)(C)C)C(CCc1ccc(C2(c3ccccc3)OCCO2)cc1)C(C)(O)C(=O)O. The van der Waals surface area contributed by atoms with E-state index in [0.717, 1.165) is 35.6 Å². The van der Waals surface area contributed by atoms with Gasteiger partial charge in [-0.2, -0.15) is 0 Å². The number of ether oxygens (including phenoxy) is 2. The molecule has 3 unspecified atom stereocenters. The van der Waals surface area contributed by atoms with E-state index in [1.165, 1.54) is 32.6 Å². The van der Waals surface area contributed by atoms with Gasteiger partial charge in [-0.15, -0.1) is 0 Å². The van der Waals surface area contributed by atoms with Crippen LogP contribution >= 0.6 is 0 Å². The first-order valence-corrected chi connectivity index (χ1v) is 18.6. The van der Waals surface area contributed by atoms with E-state index in [1.54, 1.807) is 0 Å². The molecular formula is C33H50O5Si. The van der Waals surface area contributed by atoms with Crippen molar-refractivity contribution in [2.24, 2.45) is 11.8 Å². The van der Waals surface area contributed by atoms with Gasteiger partial charge in [0.1, 0.15) is 0 Å². The lowest BCUT2D eigenvalue weighted by atomic mass is 9.74. The van der Waals surface area contributed by atoms with E-state index < -0.39 is 25.4 Å². The highest BCUT2D eigenvalue weighted by Gasteiger charge is 2.44. The minimum Gasteiger partial charge on any atom is -0.479 e. The molecule has 5 nitrogen and oxygen atoms in total. The first-order valence-electron chi connectivity index (χ1n) is 14.9. The molecule has 1 saturated heterocycles. The highest BCUT2D eigenvalue weighted by Crippen LogP contribution is 2.40. The molecule has 0 spiro atoms. The zero-order valence-corrected chi connectivity index (χ0v) is 25.7. The molecule has 0 aromatic heterocycles. The summed E-state index contributed by atoms with van der Waals surface area (Å²) in [6.07, 6.45) is 8.27. The lowest BCUT2D eigenvalue weighted by Crippen LogP contribution is -2.47. The van der Waals surface area contributed by atoms with Gasteiger partial charge in [0.2, 0.25) is 5.79 Å². The second-order valence-corrected chi connectivity index (χ2v) is 18.2. The van der Waals surface area contributed by atoms with Crippen molar-refractivity contribution in [3.8, 4) is 0 Å². The summed E-state index contributed by atoms with van der Waals surface area (Å²) < 4.78 is 12.3. The van der Waals surface area contributed by atoms with Gasteiger partial charge >= 0.3 is 5.97 Å². The van der Waals surface area contributed by atoms with Gasteiger partial charge in [-0.25, -0.2) is 4.79 Å². The summed E-state index contributed by atoms with van der Waals surface area (Å²) in [7, 11) is -1.48. The van der Waals surface area contributed by atoms with Crippen LogP contribution in [0.3, 0.4) is 0 Å². The van der Waals surface area contributed by atoms with Crippen LogP contribution in [0.4, 0.5) is 0 Å². The minimum absolute atomic E-state index is 0.199. The van der Waals surface area contributed by atoms with Crippen molar-refractivity contribution in [1.82, 2.24) is 0 Å². The molecule has 0 saturated carbocycles. The number of carboxylic acids is 1. The number of aliphatic carboxylic acids is 1. The Kier molecular flexibility index (Phi) is 11.4. The van der Waals surface area contributed by atoms with Crippen LogP contribution in [0.2, 0.25) is 25.7 Å². The number of benzene rings is 2. The number of aliphatic hydroxyl groups is 1. The molecule has 39 heavy (non-hydrogen) atoms. The van der Waals surface area contributed by atoms with Crippen LogP contribution in [0, 0.1) is 11.8 Å². The van der Waals surface area contributed by atoms with Gasteiger partial charge in [0.15, 0.2) is 5.60 Å². The number of hydrogen-bond acceptors (Lipinski definition) is 4. The minimum atomic E-state index is -1.75. The molecule has 2 N–H and O–H groups in total. The first kappa shape index (κ1) is 31.5. The van der Waals surface area contributed by atoms with E-state index in [2.05, 4.69) is 50.8 Å². The predicted molar refractivity (Wildman–Crippen MR) is 161 cm³/mol. The molecule has 6 heteroatoms. The van der Waals surface area contributed by atoms with Crippen LogP contribution in [0.5, 0.6) is 0 Å². The molecule has 0 aliphatic carbocycles. The van der Waals surface area contributed by atoms with Gasteiger partial charge in [-0.05, 0) is 31.2 Å². The number of unbranched alkanes of at least 4 members (excludes halogenated alkanes) is 4. The third-order valence-corrected chi connectivity index (χ3v) is 9.95. The highest BCUT2D eigenvalue weighted by atomic mass is 28.3. The van der Waals surface area contributed by atoms with Crippen molar-refractivity contribution in [2.45, 2.75) is 102 Å². The molecule has 0 bridgehead atoms. The van der Waals surface area contributed by atoms with Crippen molar-refractivity contribution in [3.63, 3.8) is 0 Å². The van der Waals surface area contributed by atoms with E-state index in [9.17, 15) is 15.0 Å². The van der Waals surface area contributed by atoms with Gasteiger partial charge < -0.3 is 19.7 Å². The number of aryl methyl sites for hydroxylation is 1. The van der Waals surface area contributed by atoms with Crippen LogP contribution < -0.4 is 0 Å². The monoisotopic (exact) mass is 554 g/mol. The normalized spacial score (nSPS) is 18.4. The lowest BCUT2D eigenvalue weighted by molar-refractivity contribution is -0.165. The van der Waals surface area contributed by atoms with Crippen molar-refractivity contribution in [2.75, 3.05) is 13.2 Å². The summed E-state index contributed by atoms with van der Waals surface area (Å²) in [6.45, 7) is 11.8. The van der Waals surface area contributed by atoms with Crippen molar-refractivity contribution < 1.29 is 24.5 Å². The van der Waals surface area contributed by atoms with Crippen LogP contribution in [-0.4, -0.2) is 43.1 Å². The van der Waals surface area contributed by atoms with E-state index in [4.69, 9.17) is 9.47 Å². The van der Waals surface area contributed by atoms with E-state index in [-0.39, 0.29) is 11.8 Å². The fourth-order valence-corrected chi connectivity index (χ4v) is 8.22. The molecule has 1 aliphatic rings. The van der Waals surface area contributed by atoms with Crippen LogP contribution in [0.1, 0.15) is 75.5 Å². The quantitative estimate of drug-likeness (QED) is 0.165. The number of hydrogen-bond donors (Lipinski definition) is 2. The maximum atomic E-state index is 12.3. The summed E-state index contributed by atoms with van der Waals surface area (Å²) in [5.74, 6) is -2.11. The molecule has 0 amide bonds. The maximum absolute atomic E-state index is 12.3. The Labute approximate surface area is 237 Å². The van der Waals surface area contributed by atoms with Gasteiger partial charge in [0.25, 0.3) is 0 Å². The predicted octanol–water partition coefficient (Wildman–Crippen LogP) is 7.63. The topological polar surface area (TPSA) is 76.0 Å². The first-order chi connectivity index (χ1) is 18.5. The Morgan fingerprint density at radius 1 is 0.923 bits per heavy atom. The van der Waals surface area contributed by atoms with Crippen LogP contribution in [0.15, 0.2) is 54.6 Å². The van der Waals surface area contributed by atoms with Gasteiger partial charge in [0.05, 0.1) is 13.2 Å². The molecular weight excluding hydrogens is 504 g/mol. The average molecular weight is 555 g/mol. The van der Waals surface area contributed by atoms with E-state index in [0.29, 0.717) is 26.1 Å². The van der Waals surface area contributed by atoms with E-state index in [1.807, 2.05) is 30.3 Å². The lowest BCUT2D eigenvalue weighted by Gasteiger charge is -2.38. The number of rotatable bonds is 16. The molecule has 2 aromatic carbocycles. The van der Waals surface area contributed by atoms with Gasteiger partial charge in [0, 0.05) is 25.1 Å². The Morgan fingerprint density at radius 2 is 1.51 bits per heavy atom. The summed E-state index contributed by atoms with van der Waals surface area (Å²) >= 11 is 0. The molecule has 1 fully saturated rings. The summed E-state index contributed by atoms with van der Waals surface area (Å²) in [5.41, 5.74) is 1.30.